The monoisotopic (exact) mass is 215 g/mol. The summed E-state index contributed by atoms with van der Waals surface area (Å²) in [6.07, 6.45) is 1.92. The van der Waals surface area contributed by atoms with Crippen LogP contribution in [0.5, 0.6) is 0 Å². The van der Waals surface area contributed by atoms with Crippen molar-refractivity contribution in [2.45, 2.75) is 12.5 Å². The van der Waals surface area contributed by atoms with E-state index in [0.717, 1.165) is 24.2 Å². The minimum Gasteiger partial charge on any atom is -0.466 e. The number of anilines is 1. The molecule has 2 heterocycles. The molecule has 0 aliphatic carbocycles. The van der Waals surface area contributed by atoms with Crippen molar-refractivity contribution in [2.75, 3.05) is 11.9 Å². The highest BCUT2D eigenvalue weighted by Gasteiger charge is 2.21. The minimum atomic E-state index is -0.685. The molecule has 1 aromatic heterocycles. The number of hydrogen-bond acceptors (Lipinski definition) is 3. The van der Waals surface area contributed by atoms with Crippen molar-refractivity contribution in [3.8, 4) is 0 Å². The van der Waals surface area contributed by atoms with Crippen LogP contribution in [-0.4, -0.2) is 11.7 Å². The highest BCUT2D eigenvalue weighted by molar-refractivity contribution is 5.62. The van der Waals surface area contributed by atoms with Crippen LogP contribution >= 0.6 is 0 Å². The Labute approximate surface area is 93.7 Å². The topological polar surface area (TPSA) is 45.4 Å². The van der Waals surface area contributed by atoms with Gasteiger partial charge in [-0.15, -0.1) is 0 Å². The maximum Gasteiger partial charge on any atom is 0.139 e. The summed E-state index contributed by atoms with van der Waals surface area (Å²) in [5.41, 5.74) is 3.22. The van der Waals surface area contributed by atoms with E-state index in [1.807, 2.05) is 12.1 Å². The van der Waals surface area contributed by atoms with Crippen molar-refractivity contribution < 1.29 is 9.52 Å². The fraction of sp³-hybridized carbons (Fsp3) is 0.231. The lowest BCUT2D eigenvalue weighted by Crippen LogP contribution is -2.02. The first-order valence-electron chi connectivity index (χ1n) is 5.43. The molecule has 2 N–H and O–H groups in total. The predicted octanol–water partition coefficient (Wildman–Crippen LogP) is 2.33. The van der Waals surface area contributed by atoms with E-state index < -0.39 is 6.10 Å². The Morgan fingerprint density at radius 2 is 2.19 bits per heavy atom. The van der Waals surface area contributed by atoms with Crippen LogP contribution in [-0.2, 0) is 6.42 Å². The number of fused-ring (bicyclic) bond motifs is 1. The van der Waals surface area contributed by atoms with Crippen molar-refractivity contribution in [1.29, 1.82) is 0 Å². The van der Waals surface area contributed by atoms with Gasteiger partial charge in [0.05, 0.1) is 6.26 Å². The van der Waals surface area contributed by atoms with Crippen LogP contribution < -0.4 is 5.32 Å². The summed E-state index contributed by atoms with van der Waals surface area (Å²) in [5, 5.41) is 13.5. The summed E-state index contributed by atoms with van der Waals surface area (Å²) < 4.78 is 5.23. The van der Waals surface area contributed by atoms with Gasteiger partial charge in [0, 0.05) is 17.8 Å². The molecule has 3 heteroatoms. The fourth-order valence-electron chi connectivity index (χ4n) is 2.19. The summed E-state index contributed by atoms with van der Waals surface area (Å²) in [6, 6.07) is 9.58. The first kappa shape index (κ1) is 9.48. The van der Waals surface area contributed by atoms with Crippen LogP contribution in [0.4, 0.5) is 5.69 Å². The van der Waals surface area contributed by atoms with E-state index in [-0.39, 0.29) is 0 Å². The third-order valence-electron chi connectivity index (χ3n) is 2.99. The number of para-hydroxylation sites is 1. The standard InChI is InChI=1S/C13H13NO2/c15-13(11-5-2-8-16-11)10-4-1-3-9-6-7-14-12(9)10/h1-5,8,13-15H,6-7H2. The third kappa shape index (κ3) is 1.41. The molecule has 2 aromatic rings. The number of benzene rings is 1. The predicted molar refractivity (Wildman–Crippen MR) is 61.4 cm³/mol. The Balaban J connectivity index is 2.04. The lowest BCUT2D eigenvalue weighted by Gasteiger charge is -2.13. The second-order valence-electron chi connectivity index (χ2n) is 3.98. The molecule has 0 bridgehead atoms. The molecule has 3 nitrogen and oxygen atoms in total. The van der Waals surface area contributed by atoms with Gasteiger partial charge >= 0.3 is 0 Å². The van der Waals surface area contributed by atoms with E-state index in [4.69, 9.17) is 4.42 Å². The highest BCUT2D eigenvalue weighted by atomic mass is 16.4. The quantitative estimate of drug-likeness (QED) is 0.808. The molecule has 16 heavy (non-hydrogen) atoms. The van der Waals surface area contributed by atoms with Crippen LogP contribution in [0.3, 0.4) is 0 Å². The number of furan rings is 1. The van der Waals surface area contributed by atoms with E-state index >= 15 is 0 Å². The highest BCUT2D eigenvalue weighted by Crippen LogP contribution is 2.33. The molecular weight excluding hydrogens is 202 g/mol. The molecule has 1 atom stereocenters. The van der Waals surface area contributed by atoms with Crippen LogP contribution in [0.1, 0.15) is 23.0 Å². The van der Waals surface area contributed by atoms with Crippen LogP contribution in [0, 0.1) is 0 Å². The van der Waals surface area contributed by atoms with Gasteiger partial charge in [-0.1, -0.05) is 18.2 Å². The average Bonchev–Trinajstić information content (AvgIpc) is 2.98. The summed E-state index contributed by atoms with van der Waals surface area (Å²) in [6.45, 7) is 0.942. The number of nitrogens with one attached hydrogen (secondary N) is 1. The maximum atomic E-state index is 10.2. The van der Waals surface area contributed by atoms with E-state index in [1.54, 1.807) is 18.4 Å². The smallest absolute Gasteiger partial charge is 0.139 e. The summed E-state index contributed by atoms with van der Waals surface area (Å²) in [5.74, 6) is 0.585. The Kier molecular flexibility index (Phi) is 2.18. The Bertz CT molecular complexity index is 491. The molecule has 1 unspecified atom stereocenters. The minimum absolute atomic E-state index is 0.585. The fourth-order valence-corrected chi connectivity index (χ4v) is 2.19. The second kappa shape index (κ2) is 3.68. The van der Waals surface area contributed by atoms with Gasteiger partial charge < -0.3 is 14.8 Å². The van der Waals surface area contributed by atoms with Gasteiger partial charge in [-0.05, 0) is 24.1 Å². The van der Waals surface area contributed by atoms with E-state index in [0.29, 0.717) is 5.76 Å². The zero-order valence-electron chi connectivity index (χ0n) is 8.81. The zero-order chi connectivity index (χ0) is 11.0. The molecule has 3 rings (SSSR count). The van der Waals surface area contributed by atoms with Crippen molar-refractivity contribution >= 4 is 5.69 Å². The number of rotatable bonds is 2. The van der Waals surface area contributed by atoms with Crippen molar-refractivity contribution in [3.05, 3.63) is 53.5 Å². The largest absolute Gasteiger partial charge is 0.466 e. The average molecular weight is 215 g/mol. The summed E-state index contributed by atoms with van der Waals surface area (Å²) in [7, 11) is 0. The Hall–Kier alpha value is -1.74. The van der Waals surface area contributed by atoms with Gasteiger partial charge in [-0.3, -0.25) is 0 Å². The van der Waals surface area contributed by atoms with E-state index in [9.17, 15) is 5.11 Å². The van der Waals surface area contributed by atoms with E-state index in [2.05, 4.69) is 11.4 Å². The molecule has 1 aliphatic heterocycles. The molecule has 1 aromatic carbocycles. The van der Waals surface area contributed by atoms with Crippen molar-refractivity contribution in [3.63, 3.8) is 0 Å². The summed E-state index contributed by atoms with van der Waals surface area (Å²) >= 11 is 0. The number of aliphatic hydroxyl groups excluding tert-OH is 1. The molecule has 0 amide bonds. The van der Waals surface area contributed by atoms with Crippen molar-refractivity contribution in [2.24, 2.45) is 0 Å². The van der Waals surface area contributed by atoms with Gasteiger partial charge in [-0.25, -0.2) is 0 Å². The molecule has 0 saturated heterocycles. The lowest BCUT2D eigenvalue weighted by atomic mass is 10.0. The van der Waals surface area contributed by atoms with Crippen LogP contribution in [0.15, 0.2) is 41.0 Å². The molecule has 0 radical (unpaired) electrons. The van der Waals surface area contributed by atoms with E-state index in [1.165, 1.54) is 5.56 Å². The van der Waals surface area contributed by atoms with Gasteiger partial charge in [0.1, 0.15) is 11.9 Å². The lowest BCUT2D eigenvalue weighted by molar-refractivity contribution is 0.190. The molecule has 82 valence electrons. The molecule has 0 saturated carbocycles. The molecule has 0 fully saturated rings. The summed E-state index contributed by atoms with van der Waals surface area (Å²) in [4.78, 5) is 0. The van der Waals surface area contributed by atoms with Gasteiger partial charge in [0.25, 0.3) is 0 Å². The first-order valence-corrected chi connectivity index (χ1v) is 5.43. The van der Waals surface area contributed by atoms with Gasteiger partial charge in [-0.2, -0.15) is 0 Å². The van der Waals surface area contributed by atoms with Gasteiger partial charge in [0.2, 0.25) is 0 Å². The molecular formula is C13H13NO2. The third-order valence-corrected chi connectivity index (χ3v) is 2.99. The first-order chi connectivity index (χ1) is 7.86. The van der Waals surface area contributed by atoms with Crippen molar-refractivity contribution in [1.82, 2.24) is 0 Å². The number of aliphatic hydroxyl groups is 1. The molecule has 1 aliphatic rings. The van der Waals surface area contributed by atoms with Crippen LogP contribution in [0.25, 0.3) is 0 Å². The second-order valence-corrected chi connectivity index (χ2v) is 3.98. The SMILES string of the molecule is OC(c1ccco1)c1cccc2c1NCC2. The van der Waals surface area contributed by atoms with Crippen LogP contribution in [0.2, 0.25) is 0 Å². The maximum absolute atomic E-state index is 10.2. The Morgan fingerprint density at radius 1 is 1.25 bits per heavy atom. The Morgan fingerprint density at radius 3 is 3.00 bits per heavy atom. The number of hydrogen-bond donors (Lipinski definition) is 2. The molecule has 0 spiro atoms. The normalized spacial score (nSPS) is 15.6. The van der Waals surface area contributed by atoms with Gasteiger partial charge in [0.15, 0.2) is 0 Å². The zero-order valence-corrected chi connectivity index (χ0v) is 8.81.